The summed E-state index contributed by atoms with van der Waals surface area (Å²) in [5.74, 6) is -0.468. The van der Waals surface area contributed by atoms with Gasteiger partial charge in [0.05, 0.1) is 18.1 Å². The van der Waals surface area contributed by atoms with Gasteiger partial charge in [-0.2, -0.15) is 0 Å². The van der Waals surface area contributed by atoms with E-state index in [4.69, 9.17) is 21.4 Å². The van der Waals surface area contributed by atoms with Crippen molar-refractivity contribution in [2.24, 2.45) is 5.92 Å². The Kier molecular flexibility index (Phi) is 4.62. The van der Waals surface area contributed by atoms with E-state index in [1.807, 2.05) is 12.1 Å². The van der Waals surface area contributed by atoms with E-state index in [1.165, 1.54) is 0 Å². The molecule has 1 atom stereocenters. The minimum Gasteiger partial charge on any atom is -0.495 e. The highest BCUT2D eigenvalue weighted by Gasteiger charge is 2.11. The highest BCUT2D eigenvalue weighted by Crippen LogP contribution is 2.25. The van der Waals surface area contributed by atoms with Crippen molar-refractivity contribution in [2.45, 2.75) is 19.8 Å². The van der Waals surface area contributed by atoms with Crippen molar-refractivity contribution in [1.29, 1.82) is 0 Å². The molecule has 3 nitrogen and oxygen atoms in total. The van der Waals surface area contributed by atoms with Crippen LogP contribution in [0.1, 0.15) is 18.9 Å². The summed E-state index contributed by atoms with van der Waals surface area (Å²) in [6, 6.07) is 5.50. The minimum absolute atomic E-state index is 0.332. The van der Waals surface area contributed by atoms with Crippen LogP contribution in [0.4, 0.5) is 0 Å². The number of ether oxygens (including phenoxy) is 1. The molecular weight excluding hydrogens is 228 g/mol. The van der Waals surface area contributed by atoms with Crippen molar-refractivity contribution >= 4 is 17.6 Å². The monoisotopic (exact) mass is 242 g/mol. The van der Waals surface area contributed by atoms with E-state index in [0.717, 1.165) is 5.56 Å². The number of methoxy groups -OCH3 is 1. The van der Waals surface area contributed by atoms with Crippen LogP contribution >= 0.6 is 11.6 Å². The van der Waals surface area contributed by atoms with E-state index in [1.54, 1.807) is 20.1 Å². The second-order valence-corrected chi connectivity index (χ2v) is 4.15. The van der Waals surface area contributed by atoms with Crippen LogP contribution in [0.3, 0.4) is 0 Å². The molecule has 0 spiro atoms. The summed E-state index contributed by atoms with van der Waals surface area (Å²) in [6.45, 7) is 1.70. The van der Waals surface area contributed by atoms with Gasteiger partial charge in [-0.3, -0.25) is 4.79 Å². The number of benzene rings is 1. The van der Waals surface area contributed by atoms with E-state index in [-0.39, 0.29) is 5.92 Å². The van der Waals surface area contributed by atoms with Crippen molar-refractivity contribution in [2.75, 3.05) is 7.11 Å². The summed E-state index contributed by atoms with van der Waals surface area (Å²) in [7, 11) is 1.56. The largest absolute Gasteiger partial charge is 0.495 e. The van der Waals surface area contributed by atoms with Gasteiger partial charge in [-0.15, -0.1) is 0 Å². The summed E-state index contributed by atoms with van der Waals surface area (Å²) in [6.07, 6.45) is 1.32. The Morgan fingerprint density at radius 3 is 2.81 bits per heavy atom. The first-order valence-electron chi connectivity index (χ1n) is 5.09. The van der Waals surface area contributed by atoms with Crippen LogP contribution in [-0.4, -0.2) is 18.2 Å². The lowest BCUT2D eigenvalue weighted by Gasteiger charge is -2.08. The Labute approximate surface area is 100.0 Å². The zero-order valence-corrected chi connectivity index (χ0v) is 10.1. The Morgan fingerprint density at radius 2 is 2.25 bits per heavy atom. The first-order chi connectivity index (χ1) is 7.54. The maximum absolute atomic E-state index is 10.7. The number of hydrogen-bond donors (Lipinski definition) is 1. The standard InChI is InChI=1S/C12H15ClO3/c1-8(12(14)15)3-4-9-5-6-10(13)11(7-9)16-2/h5-8H,3-4H2,1-2H3,(H,14,15). The molecule has 0 amide bonds. The number of carbonyl (C=O) groups is 1. The molecule has 0 aliphatic heterocycles. The van der Waals surface area contributed by atoms with Crippen molar-refractivity contribution in [3.05, 3.63) is 28.8 Å². The Hall–Kier alpha value is -1.22. The van der Waals surface area contributed by atoms with Crippen LogP contribution in [0.15, 0.2) is 18.2 Å². The van der Waals surface area contributed by atoms with E-state index < -0.39 is 5.97 Å². The summed E-state index contributed by atoms with van der Waals surface area (Å²) in [4.78, 5) is 10.7. The third-order valence-corrected chi connectivity index (χ3v) is 2.82. The van der Waals surface area contributed by atoms with E-state index in [9.17, 15) is 4.79 Å². The topological polar surface area (TPSA) is 46.5 Å². The van der Waals surface area contributed by atoms with Gasteiger partial charge in [0.15, 0.2) is 0 Å². The first-order valence-corrected chi connectivity index (χ1v) is 5.47. The highest BCUT2D eigenvalue weighted by molar-refractivity contribution is 6.32. The molecule has 1 N–H and O–H groups in total. The molecule has 1 unspecified atom stereocenters. The third kappa shape index (κ3) is 3.42. The number of carboxylic acids is 1. The summed E-state index contributed by atoms with van der Waals surface area (Å²) < 4.78 is 5.09. The maximum Gasteiger partial charge on any atom is 0.306 e. The molecule has 0 heterocycles. The average molecular weight is 243 g/mol. The molecule has 88 valence electrons. The molecule has 0 radical (unpaired) electrons. The van der Waals surface area contributed by atoms with Crippen molar-refractivity contribution in [3.63, 3.8) is 0 Å². The number of halogens is 1. The van der Waals surface area contributed by atoms with Crippen molar-refractivity contribution in [1.82, 2.24) is 0 Å². The van der Waals surface area contributed by atoms with Crippen LogP contribution in [0.2, 0.25) is 5.02 Å². The minimum atomic E-state index is -0.763. The fourth-order valence-corrected chi connectivity index (χ4v) is 1.56. The van der Waals surface area contributed by atoms with Crippen LogP contribution < -0.4 is 4.74 Å². The lowest BCUT2D eigenvalue weighted by molar-refractivity contribution is -0.141. The Balaban J connectivity index is 2.64. The second-order valence-electron chi connectivity index (χ2n) is 3.75. The van der Waals surface area contributed by atoms with E-state index in [2.05, 4.69) is 0 Å². The molecule has 1 aromatic carbocycles. The number of carboxylic acid groups (broad SMARTS) is 1. The third-order valence-electron chi connectivity index (χ3n) is 2.50. The maximum atomic E-state index is 10.7. The van der Waals surface area contributed by atoms with Gasteiger partial charge in [-0.1, -0.05) is 24.6 Å². The van der Waals surface area contributed by atoms with Gasteiger partial charge in [-0.05, 0) is 30.5 Å². The Bertz CT molecular complexity index is 377. The molecule has 0 aliphatic rings. The SMILES string of the molecule is COc1cc(CCC(C)C(=O)O)ccc1Cl. The van der Waals surface area contributed by atoms with Crippen LogP contribution in [0.25, 0.3) is 0 Å². The molecule has 0 saturated heterocycles. The van der Waals surface area contributed by atoms with Gasteiger partial charge < -0.3 is 9.84 Å². The molecule has 1 aromatic rings. The van der Waals surface area contributed by atoms with Crippen LogP contribution in [-0.2, 0) is 11.2 Å². The number of hydrogen-bond acceptors (Lipinski definition) is 2. The number of aryl methyl sites for hydroxylation is 1. The summed E-state index contributed by atoms with van der Waals surface area (Å²) >= 11 is 5.89. The molecule has 0 fully saturated rings. The summed E-state index contributed by atoms with van der Waals surface area (Å²) in [5, 5.41) is 9.33. The smallest absolute Gasteiger partial charge is 0.306 e. The lowest BCUT2D eigenvalue weighted by atomic mass is 10.0. The summed E-state index contributed by atoms with van der Waals surface area (Å²) in [5.41, 5.74) is 1.04. The highest BCUT2D eigenvalue weighted by atomic mass is 35.5. The van der Waals surface area contributed by atoms with Crippen molar-refractivity contribution < 1.29 is 14.6 Å². The number of aliphatic carboxylic acids is 1. The van der Waals surface area contributed by atoms with E-state index >= 15 is 0 Å². The van der Waals surface area contributed by atoms with E-state index in [0.29, 0.717) is 23.6 Å². The lowest BCUT2D eigenvalue weighted by Crippen LogP contribution is -2.10. The average Bonchev–Trinajstić information content (AvgIpc) is 2.27. The fourth-order valence-electron chi connectivity index (χ4n) is 1.37. The normalized spacial score (nSPS) is 12.2. The number of rotatable bonds is 5. The van der Waals surface area contributed by atoms with Gasteiger partial charge >= 0.3 is 5.97 Å². The molecule has 0 saturated carbocycles. The van der Waals surface area contributed by atoms with Gasteiger partial charge in [-0.25, -0.2) is 0 Å². The molecule has 16 heavy (non-hydrogen) atoms. The second kappa shape index (κ2) is 5.75. The quantitative estimate of drug-likeness (QED) is 0.864. The molecule has 4 heteroatoms. The Morgan fingerprint density at radius 1 is 1.56 bits per heavy atom. The van der Waals surface area contributed by atoms with Gasteiger partial charge in [0.2, 0.25) is 0 Å². The molecule has 0 aliphatic carbocycles. The van der Waals surface area contributed by atoms with Crippen LogP contribution in [0, 0.1) is 5.92 Å². The predicted octanol–water partition coefficient (Wildman–Crippen LogP) is 3.00. The molecule has 1 rings (SSSR count). The van der Waals surface area contributed by atoms with Crippen molar-refractivity contribution in [3.8, 4) is 5.75 Å². The molecule has 0 aromatic heterocycles. The molecular formula is C12H15ClO3. The van der Waals surface area contributed by atoms with Gasteiger partial charge in [0, 0.05) is 0 Å². The first kappa shape index (κ1) is 12.8. The zero-order valence-electron chi connectivity index (χ0n) is 9.37. The fraction of sp³-hybridized carbons (Fsp3) is 0.417. The van der Waals surface area contributed by atoms with Gasteiger partial charge in [0.1, 0.15) is 5.75 Å². The molecule has 0 bridgehead atoms. The van der Waals surface area contributed by atoms with Gasteiger partial charge in [0.25, 0.3) is 0 Å². The zero-order chi connectivity index (χ0) is 12.1. The van der Waals surface area contributed by atoms with Crippen LogP contribution in [0.5, 0.6) is 5.75 Å². The predicted molar refractivity (Wildman–Crippen MR) is 63.1 cm³/mol.